The van der Waals surface area contributed by atoms with Gasteiger partial charge in [-0.15, -0.1) is 0 Å². The molecule has 1 saturated heterocycles. The topological polar surface area (TPSA) is 95.9 Å². The van der Waals surface area contributed by atoms with Crippen LogP contribution in [0.4, 0.5) is 5.69 Å². The van der Waals surface area contributed by atoms with Crippen molar-refractivity contribution in [1.82, 2.24) is 5.32 Å². The lowest BCUT2D eigenvalue weighted by molar-refractivity contribution is -0.139. The van der Waals surface area contributed by atoms with Crippen molar-refractivity contribution in [3.63, 3.8) is 0 Å². The average Bonchev–Trinajstić information content (AvgIpc) is 3.11. The highest BCUT2D eigenvalue weighted by Crippen LogP contribution is 2.21. The predicted molar refractivity (Wildman–Crippen MR) is 98.8 cm³/mol. The molecule has 1 heterocycles. The maximum Gasteiger partial charge on any atom is 0.341 e. The number of carboxylic acids is 1. The van der Waals surface area contributed by atoms with Gasteiger partial charge in [0.05, 0.1) is 0 Å². The first kappa shape index (κ1) is 18.4. The summed E-state index contributed by atoms with van der Waals surface area (Å²) in [5.74, 6) is -0.899. The third-order valence-electron chi connectivity index (χ3n) is 4.23. The van der Waals surface area contributed by atoms with E-state index in [1.807, 2.05) is 24.3 Å². The molecule has 140 valence electrons. The fraction of sp³-hybridized carbons (Fsp3) is 0.250. The van der Waals surface area contributed by atoms with Crippen LogP contribution in [0.5, 0.6) is 5.75 Å². The SMILES string of the molecule is O=C(O)COc1cccc(C(=O)NCc2ccc(N3CCCC3=O)cc2)c1. The molecule has 27 heavy (non-hydrogen) atoms. The van der Waals surface area contributed by atoms with Crippen LogP contribution in [-0.2, 0) is 16.1 Å². The number of hydrogen-bond acceptors (Lipinski definition) is 4. The Morgan fingerprint density at radius 1 is 1.15 bits per heavy atom. The van der Waals surface area contributed by atoms with Crippen molar-refractivity contribution in [2.45, 2.75) is 19.4 Å². The predicted octanol–water partition coefficient (Wildman–Crippen LogP) is 2.21. The Morgan fingerprint density at radius 2 is 1.93 bits per heavy atom. The molecule has 1 aliphatic rings. The average molecular weight is 368 g/mol. The van der Waals surface area contributed by atoms with Crippen LogP contribution in [0.1, 0.15) is 28.8 Å². The molecule has 0 bridgehead atoms. The molecule has 2 N–H and O–H groups in total. The highest BCUT2D eigenvalue weighted by Gasteiger charge is 2.21. The van der Waals surface area contributed by atoms with E-state index < -0.39 is 12.6 Å². The molecule has 2 aromatic rings. The minimum Gasteiger partial charge on any atom is -0.482 e. The molecule has 0 saturated carbocycles. The molecule has 1 aliphatic heterocycles. The van der Waals surface area contributed by atoms with Gasteiger partial charge in [-0.3, -0.25) is 9.59 Å². The van der Waals surface area contributed by atoms with Crippen molar-refractivity contribution >= 4 is 23.5 Å². The maximum absolute atomic E-state index is 12.3. The molecule has 7 nitrogen and oxygen atoms in total. The molecule has 7 heteroatoms. The van der Waals surface area contributed by atoms with Crippen molar-refractivity contribution in [1.29, 1.82) is 0 Å². The number of carbonyl (C=O) groups is 3. The Labute approximate surface area is 156 Å². The Morgan fingerprint density at radius 3 is 2.59 bits per heavy atom. The Hall–Kier alpha value is -3.35. The number of nitrogens with one attached hydrogen (secondary N) is 1. The number of benzene rings is 2. The molecule has 2 aromatic carbocycles. The Bertz CT molecular complexity index is 848. The first-order valence-corrected chi connectivity index (χ1v) is 8.65. The van der Waals surface area contributed by atoms with Gasteiger partial charge in [0.1, 0.15) is 5.75 Å². The first-order valence-electron chi connectivity index (χ1n) is 8.65. The van der Waals surface area contributed by atoms with Gasteiger partial charge in [0.15, 0.2) is 6.61 Å². The first-order chi connectivity index (χ1) is 13.0. The van der Waals surface area contributed by atoms with Crippen molar-refractivity contribution in [2.24, 2.45) is 0 Å². The fourth-order valence-corrected chi connectivity index (χ4v) is 2.87. The summed E-state index contributed by atoms with van der Waals surface area (Å²) in [6.07, 6.45) is 1.47. The molecule has 3 rings (SSSR count). The minimum absolute atomic E-state index is 0.140. The van der Waals surface area contributed by atoms with E-state index in [0.29, 0.717) is 24.3 Å². The largest absolute Gasteiger partial charge is 0.482 e. The number of amides is 2. The summed E-state index contributed by atoms with van der Waals surface area (Å²) in [4.78, 5) is 36.4. The second-order valence-corrected chi connectivity index (χ2v) is 6.21. The molecule has 0 atom stereocenters. The molecule has 0 radical (unpaired) electrons. The lowest BCUT2D eigenvalue weighted by atomic mass is 10.1. The van der Waals surface area contributed by atoms with Crippen molar-refractivity contribution in [3.8, 4) is 5.75 Å². The normalized spacial score (nSPS) is 13.5. The van der Waals surface area contributed by atoms with Gasteiger partial charge in [0, 0.05) is 30.8 Å². The smallest absolute Gasteiger partial charge is 0.341 e. The summed E-state index contributed by atoms with van der Waals surface area (Å²) >= 11 is 0. The number of carbonyl (C=O) groups excluding carboxylic acids is 2. The van der Waals surface area contributed by atoms with E-state index in [0.717, 1.165) is 24.2 Å². The zero-order valence-electron chi connectivity index (χ0n) is 14.7. The molecule has 1 fully saturated rings. The second kappa shape index (κ2) is 8.35. The molecule has 0 unspecified atom stereocenters. The van der Waals surface area contributed by atoms with Crippen LogP contribution in [0.3, 0.4) is 0 Å². The van der Waals surface area contributed by atoms with Gasteiger partial charge in [-0.05, 0) is 42.3 Å². The lowest BCUT2D eigenvalue weighted by Gasteiger charge is -2.16. The highest BCUT2D eigenvalue weighted by molar-refractivity contribution is 5.95. The number of carboxylic acid groups (broad SMARTS) is 1. The van der Waals surface area contributed by atoms with Gasteiger partial charge in [0.2, 0.25) is 5.91 Å². The third-order valence-corrected chi connectivity index (χ3v) is 4.23. The van der Waals surface area contributed by atoms with E-state index in [9.17, 15) is 14.4 Å². The van der Waals surface area contributed by atoms with Crippen LogP contribution in [0.25, 0.3) is 0 Å². The van der Waals surface area contributed by atoms with Gasteiger partial charge >= 0.3 is 5.97 Å². The summed E-state index contributed by atoms with van der Waals surface area (Å²) in [7, 11) is 0. The summed E-state index contributed by atoms with van der Waals surface area (Å²) in [6, 6.07) is 13.9. The fourth-order valence-electron chi connectivity index (χ4n) is 2.87. The van der Waals surface area contributed by atoms with Crippen LogP contribution in [0.15, 0.2) is 48.5 Å². The summed E-state index contributed by atoms with van der Waals surface area (Å²) in [6.45, 7) is 0.624. The van der Waals surface area contributed by atoms with Crippen molar-refractivity contribution in [2.75, 3.05) is 18.1 Å². The molecular formula is C20H20N2O5. The Balaban J connectivity index is 1.56. The Kier molecular flexibility index (Phi) is 5.71. The van der Waals surface area contributed by atoms with Crippen molar-refractivity contribution < 1.29 is 24.2 Å². The zero-order valence-corrected chi connectivity index (χ0v) is 14.7. The summed E-state index contributed by atoms with van der Waals surface area (Å²) < 4.78 is 5.08. The maximum atomic E-state index is 12.3. The van der Waals surface area contributed by atoms with Gasteiger partial charge in [-0.25, -0.2) is 4.79 Å². The van der Waals surface area contributed by atoms with Gasteiger partial charge < -0.3 is 20.1 Å². The molecule has 2 amide bonds. The monoisotopic (exact) mass is 368 g/mol. The van der Waals surface area contributed by atoms with E-state index in [1.54, 1.807) is 23.1 Å². The zero-order chi connectivity index (χ0) is 19.2. The van der Waals surface area contributed by atoms with Crippen LogP contribution in [-0.4, -0.2) is 36.0 Å². The van der Waals surface area contributed by atoms with Crippen molar-refractivity contribution in [3.05, 3.63) is 59.7 Å². The second-order valence-electron chi connectivity index (χ2n) is 6.21. The van der Waals surface area contributed by atoms with E-state index >= 15 is 0 Å². The van der Waals surface area contributed by atoms with E-state index in [4.69, 9.17) is 9.84 Å². The van der Waals surface area contributed by atoms with E-state index in [1.165, 1.54) is 6.07 Å². The number of rotatable bonds is 7. The summed E-state index contributed by atoms with van der Waals surface area (Å²) in [5, 5.41) is 11.5. The van der Waals surface area contributed by atoms with Gasteiger partial charge in [-0.1, -0.05) is 18.2 Å². The van der Waals surface area contributed by atoms with Crippen LogP contribution in [0, 0.1) is 0 Å². The van der Waals surface area contributed by atoms with Gasteiger partial charge in [0.25, 0.3) is 5.91 Å². The van der Waals surface area contributed by atoms with E-state index in [-0.39, 0.29) is 11.8 Å². The molecule has 0 aliphatic carbocycles. The standard InChI is InChI=1S/C20H20N2O5/c23-18-5-2-10-22(18)16-8-6-14(7-9-16)12-21-20(26)15-3-1-4-17(11-15)27-13-19(24)25/h1,3-4,6-9,11H,2,5,10,12-13H2,(H,21,26)(H,24,25). The number of anilines is 1. The number of aliphatic carboxylic acids is 1. The quantitative estimate of drug-likeness (QED) is 0.781. The molecular weight excluding hydrogens is 348 g/mol. The highest BCUT2D eigenvalue weighted by atomic mass is 16.5. The van der Waals surface area contributed by atoms with Crippen LogP contribution < -0.4 is 15.0 Å². The van der Waals surface area contributed by atoms with Crippen LogP contribution >= 0.6 is 0 Å². The summed E-state index contributed by atoms with van der Waals surface area (Å²) in [5.41, 5.74) is 2.17. The van der Waals surface area contributed by atoms with Crippen LogP contribution in [0.2, 0.25) is 0 Å². The third kappa shape index (κ3) is 4.84. The lowest BCUT2D eigenvalue weighted by Crippen LogP contribution is -2.24. The molecule has 0 aromatic heterocycles. The number of hydrogen-bond donors (Lipinski definition) is 2. The number of nitrogens with zero attached hydrogens (tertiary/aromatic N) is 1. The minimum atomic E-state index is -1.08. The number of ether oxygens (including phenoxy) is 1. The molecule has 0 spiro atoms. The van der Waals surface area contributed by atoms with Gasteiger partial charge in [-0.2, -0.15) is 0 Å². The van der Waals surface area contributed by atoms with E-state index in [2.05, 4.69) is 5.32 Å².